The summed E-state index contributed by atoms with van der Waals surface area (Å²) in [4.78, 5) is 38.3. The molecule has 0 fully saturated rings. The first-order valence-corrected chi connectivity index (χ1v) is 34.9. The molecule has 0 aromatic rings. The van der Waals surface area contributed by atoms with E-state index in [9.17, 15) is 14.4 Å². The summed E-state index contributed by atoms with van der Waals surface area (Å²) in [7, 11) is 0. The van der Waals surface area contributed by atoms with E-state index in [0.29, 0.717) is 19.3 Å². The number of allylic oxidation sites excluding steroid dienone is 18. The van der Waals surface area contributed by atoms with Crippen molar-refractivity contribution >= 4 is 17.9 Å². The van der Waals surface area contributed by atoms with Gasteiger partial charge in [0.25, 0.3) is 0 Å². The average molecular weight is 1140 g/mol. The largest absolute Gasteiger partial charge is 0.462 e. The number of carbonyl (C=O) groups excluding carboxylic acids is 3. The van der Waals surface area contributed by atoms with E-state index in [2.05, 4.69) is 130 Å². The van der Waals surface area contributed by atoms with Crippen molar-refractivity contribution in [3.05, 3.63) is 109 Å². The maximum absolute atomic E-state index is 12.9. The summed E-state index contributed by atoms with van der Waals surface area (Å²) >= 11 is 0. The molecule has 6 nitrogen and oxygen atoms in total. The Hall–Kier alpha value is -3.93. The molecular weight excluding hydrogens is 1010 g/mol. The Kier molecular flexibility index (Phi) is 66.2. The fourth-order valence-corrected chi connectivity index (χ4v) is 9.84. The van der Waals surface area contributed by atoms with Crippen molar-refractivity contribution < 1.29 is 28.6 Å². The van der Waals surface area contributed by atoms with Crippen molar-refractivity contribution in [2.75, 3.05) is 13.2 Å². The molecule has 0 aromatic carbocycles. The van der Waals surface area contributed by atoms with E-state index in [1.54, 1.807) is 0 Å². The highest BCUT2D eigenvalue weighted by atomic mass is 16.6. The van der Waals surface area contributed by atoms with Crippen LogP contribution >= 0.6 is 0 Å². The molecule has 0 amide bonds. The molecule has 0 heterocycles. The predicted molar refractivity (Wildman–Crippen MR) is 357 cm³/mol. The van der Waals surface area contributed by atoms with Crippen molar-refractivity contribution in [3.8, 4) is 0 Å². The standard InChI is InChI=1S/C76H130O6/c1-4-7-10-13-16-19-22-24-26-28-30-32-34-36-38-40-42-44-46-48-50-52-54-57-60-63-66-69-75(78)81-72-73(71-80-74(77)68-65-62-59-56-21-18-15-12-9-6-3)82-76(79)70-67-64-61-58-55-53-51-49-47-45-43-41-39-37-35-33-31-29-27-25-23-20-17-14-11-8-5-2/h7-8,10-12,15-17,19-20,24-27,30-33,73H,4-6,9,13-14,18,21-23,28-29,34-72H2,1-3H3/b10-7-,11-8-,15-12-,19-16-,20-17-,26-24-,27-25-,32-30-,33-31-. The summed E-state index contributed by atoms with van der Waals surface area (Å²) in [5.41, 5.74) is 0. The molecule has 1 unspecified atom stereocenters. The number of esters is 3. The predicted octanol–water partition coefficient (Wildman–Crippen LogP) is 24.2. The molecule has 0 aliphatic rings. The van der Waals surface area contributed by atoms with E-state index in [1.807, 2.05) is 0 Å². The Labute approximate surface area is 508 Å². The van der Waals surface area contributed by atoms with Gasteiger partial charge < -0.3 is 14.2 Å². The van der Waals surface area contributed by atoms with Crippen LogP contribution in [0.1, 0.15) is 335 Å². The van der Waals surface area contributed by atoms with E-state index < -0.39 is 6.10 Å². The number of hydrogen-bond acceptors (Lipinski definition) is 6. The smallest absolute Gasteiger partial charge is 0.306 e. The van der Waals surface area contributed by atoms with Crippen LogP contribution in [0.4, 0.5) is 0 Å². The molecule has 6 heteroatoms. The molecule has 470 valence electrons. The lowest BCUT2D eigenvalue weighted by Crippen LogP contribution is -2.30. The summed E-state index contributed by atoms with van der Waals surface area (Å²) in [5, 5.41) is 0. The van der Waals surface area contributed by atoms with E-state index in [4.69, 9.17) is 14.2 Å². The Morgan fingerprint density at radius 3 is 0.756 bits per heavy atom. The summed E-state index contributed by atoms with van der Waals surface area (Å²) in [6.45, 7) is 6.38. The zero-order valence-corrected chi connectivity index (χ0v) is 54.0. The van der Waals surface area contributed by atoms with Crippen molar-refractivity contribution in [1.29, 1.82) is 0 Å². The first-order chi connectivity index (χ1) is 40.5. The number of unbranched alkanes of at least 4 members (excludes halogenated alkanes) is 34. The van der Waals surface area contributed by atoms with Gasteiger partial charge in [0, 0.05) is 19.3 Å². The molecule has 0 aromatic heterocycles. The highest BCUT2D eigenvalue weighted by molar-refractivity contribution is 5.71. The number of hydrogen-bond donors (Lipinski definition) is 0. The van der Waals surface area contributed by atoms with Crippen molar-refractivity contribution in [3.63, 3.8) is 0 Å². The lowest BCUT2D eigenvalue weighted by molar-refractivity contribution is -0.167. The number of carbonyl (C=O) groups is 3. The van der Waals surface area contributed by atoms with Gasteiger partial charge in [0.2, 0.25) is 0 Å². The van der Waals surface area contributed by atoms with Crippen LogP contribution in [0.3, 0.4) is 0 Å². The Morgan fingerprint density at radius 2 is 0.476 bits per heavy atom. The van der Waals surface area contributed by atoms with Crippen molar-refractivity contribution in [2.24, 2.45) is 0 Å². The lowest BCUT2D eigenvalue weighted by Gasteiger charge is -2.18. The minimum absolute atomic E-state index is 0.0789. The van der Waals surface area contributed by atoms with Gasteiger partial charge in [-0.15, -0.1) is 0 Å². The molecule has 0 radical (unpaired) electrons. The second-order valence-corrected chi connectivity index (χ2v) is 23.0. The maximum atomic E-state index is 12.9. The van der Waals surface area contributed by atoms with E-state index >= 15 is 0 Å². The van der Waals surface area contributed by atoms with E-state index in [1.165, 1.54) is 173 Å². The van der Waals surface area contributed by atoms with Gasteiger partial charge in [-0.1, -0.05) is 310 Å². The minimum Gasteiger partial charge on any atom is -0.462 e. The highest BCUT2D eigenvalue weighted by Crippen LogP contribution is 2.17. The SMILES string of the molecule is CC/C=C\C/C=C\C/C=C\C/C=C\CCCCCCCCCCCCCCCCC(=O)OCC(COC(=O)CCCCCCC/C=C\CCC)OC(=O)CCCCCCCCCCCCCCCC/C=C\C/C=C\C/C=C\C/C=C\CC. The Morgan fingerprint density at radius 1 is 0.256 bits per heavy atom. The van der Waals surface area contributed by atoms with Crippen LogP contribution in [0.5, 0.6) is 0 Å². The molecule has 0 spiro atoms. The van der Waals surface area contributed by atoms with Gasteiger partial charge in [-0.05, 0) is 116 Å². The second-order valence-electron chi connectivity index (χ2n) is 23.0. The monoisotopic (exact) mass is 1140 g/mol. The molecule has 0 saturated heterocycles. The third-order valence-electron chi connectivity index (χ3n) is 15.0. The molecule has 0 rings (SSSR count). The molecule has 0 saturated carbocycles. The van der Waals surface area contributed by atoms with Gasteiger partial charge in [-0.2, -0.15) is 0 Å². The zero-order valence-electron chi connectivity index (χ0n) is 54.0. The van der Waals surface area contributed by atoms with Crippen LogP contribution < -0.4 is 0 Å². The topological polar surface area (TPSA) is 78.9 Å². The summed E-state index contributed by atoms with van der Waals surface area (Å²) in [6, 6.07) is 0. The van der Waals surface area contributed by atoms with Gasteiger partial charge in [0.05, 0.1) is 0 Å². The average Bonchev–Trinajstić information content (AvgIpc) is 3.48. The fraction of sp³-hybridized carbons (Fsp3) is 0.724. The maximum Gasteiger partial charge on any atom is 0.306 e. The van der Waals surface area contributed by atoms with Crippen molar-refractivity contribution in [1.82, 2.24) is 0 Å². The third-order valence-corrected chi connectivity index (χ3v) is 15.0. The molecule has 82 heavy (non-hydrogen) atoms. The van der Waals surface area contributed by atoms with Crippen LogP contribution in [0.25, 0.3) is 0 Å². The van der Waals surface area contributed by atoms with Crippen LogP contribution in [-0.4, -0.2) is 37.2 Å². The molecule has 0 N–H and O–H groups in total. The first kappa shape index (κ1) is 78.1. The molecule has 1 atom stereocenters. The first-order valence-electron chi connectivity index (χ1n) is 34.9. The van der Waals surface area contributed by atoms with Crippen LogP contribution in [-0.2, 0) is 28.6 Å². The normalized spacial score (nSPS) is 12.8. The molecule has 0 aliphatic carbocycles. The Balaban J connectivity index is 4.18. The van der Waals surface area contributed by atoms with Gasteiger partial charge in [-0.3, -0.25) is 14.4 Å². The van der Waals surface area contributed by atoms with Gasteiger partial charge in [0.1, 0.15) is 13.2 Å². The number of rotatable bonds is 63. The van der Waals surface area contributed by atoms with Gasteiger partial charge in [-0.25, -0.2) is 0 Å². The quantitative estimate of drug-likeness (QED) is 0.0261. The summed E-state index contributed by atoms with van der Waals surface area (Å²) in [5.74, 6) is -0.878. The summed E-state index contributed by atoms with van der Waals surface area (Å²) < 4.78 is 16.9. The van der Waals surface area contributed by atoms with E-state index in [0.717, 1.165) is 122 Å². The third kappa shape index (κ3) is 66.9. The second kappa shape index (κ2) is 69.6. The Bertz CT molecular complexity index is 1640. The highest BCUT2D eigenvalue weighted by Gasteiger charge is 2.19. The van der Waals surface area contributed by atoms with Crippen LogP contribution in [0.15, 0.2) is 109 Å². The van der Waals surface area contributed by atoms with E-state index in [-0.39, 0.29) is 31.1 Å². The molecular formula is C76H130O6. The number of ether oxygens (including phenoxy) is 3. The van der Waals surface area contributed by atoms with Crippen molar-refractivity contribution in [2.45, 2.75) is 341 Å². The summed E-state index contributed by atoms with van der Waals surface area (Å²) in [6.07, 6.45) is 95.5. The van der Waals surface area contributed by atoms with Crippen LogP contribution in [0, 0.1) is 0 Å². The van der Waals surface area contributed by atoms with Gasteiger partial charge >= 0.3 is 17.9 Å². The zero-order chi connectivity index (χ0) is 59.2. The molecule has 0 aliphatic heterocycles. The molecule has 0 bridgehead atoms. The van der Waals surface area contributed by atoms with Crippen LogP contribution in [0.2, 0.25) is 0 Å². The minimum atomic E-state index is -0.783. The van der Waals surface area contributed by atoms with Gasteiger partial charge in [0.15, 0.2) is 6.10 Å². The lowest BCUT2D eigenvalue weighted by atomic mass is 10.0. The fourth-order valence-electron chi connectivity index (χ4n) is 9.84.